The minimum absolute atomic E-state index is 0.122. The molecule has 32 heavy (non-hydrogen) atoms. The number of amides is 2. The van der Waals surface area contributed by atoms with E-state index in [9.17, 15) is 9.59 Å². The van der Waals surface area contributed by atoms with Gasteiger partial charge in [-0.3, -0.25) is 14.9 Å². The Morgan fingerprint density at radius 3 is 2.47 bits per heavy atom. The third-order valence-corrected chi connectivity index (χ3v) is 5.40. The van der Waals surface area contributed by atoms with Crippen molar-refractivity contribution >= 4 is 28.3 Å². The lowest BCUT2D eigenvalue weighted by atomic mass is 10.1. The lowest BCUT2D eigenvalue weighted by molar-refractivity contribution is -0.121. The molecule has 0 bridgehead atoms. The SMILES string of the molecule is CCOc1ccc(C(C)NC(=O)Cc2csc(NC(=O)c3ccccc3)n2)cc1OCC. The standard InChI is InChI=1S/C24H27N3O4S/c1-4-30-20-12-11-18(13-21(20)31-5-2)16(3)25-22(28)14-19-15-32-24(26-19)27-23(29)17-9-7-6-8-10-17/h6-13,15-16H,4-5,14H2,1-3H3,(H,25,28)(H,26,27,29). The number of carbonyl (C=O) groups excluding carboxylic acids is 2. The predicted molar refractivity (Wildman–Crippen MR) is 126 cm³/mol. The van der Waals surface area contributed by atoms with E-state index in [0.717, 1.165) is 5.56 Å². The zero-order chi connectivity index (χ0) is 22.9. The first-order valence-corrected chi connectivity index (χ1v) is 11.4. The van der Waals surface area contributed by atoms with E-state index in [1.165, 1.54) is 11.3 Å². The molecular formula is C24H27N3O4S. The second-order valence-corrected chi connectivity index (χ2v) is 7.86. The number of thiazole rings is 1. The van der Waals surface area contributed by atoms with Crippen molar-refractivity contribution in [1.29, 1.82) is 0 Å². The van der Waals surface area contributed by atoms with E-state index in [2.05, 4.69) is 15.6 Å². The van der Waals surface area contributed by atoms with Gasteiger partial charge in [0.2, 0.25) is 5.91 Å². The molecular weight excluding hydrogens is 426 g/mol. The molecule has 2 amide bonds. The van der Waals surface area contributed by atoms with Gasteiger partial charge < -0.3 is 14.8 Å². The van der Waals surface area contributed by atoms with Crippen LogP contribution in [0, 0.1) is 0 Å². The van der Waals surface area contributed by atoms with Crippen molar-refractivity contribution in [3.05, 3.63) is 70.7 Å². The van der Waals surface area contributed by atoms with Crippen LogP contribution in [0.4, 0.5) is 5.13 Å². The number of hydrogen-bond acceptors (Lipinski definition) is 6. The summed E-state index contributed by atoms with van der Waals surface area (Å²) in [7, 11) is 0. The maximum atomic E-state index is 12.5. The lowest BCUT2D eigenvalue weighted by Crippen LogP contribution is -2.28. The van der Waals surface area contributed by atoms with Crippen LogP contribution >= 0.6 is 11.3 Å². The topological polar surface area (TPSA) is 89.6 Å². The minimum atomic E-state index is -0.231. The second-order valence-electron chi connectivity index (χ2n) is 7.00. The van der Waals surface area contributed by atoms with E-state index < -0.39 is 0 Å². The van der Waals surface area contributed by atoms with E-state index >= 15 is 0 Å². The molecule has 0 saturated heterocycles. The Balaban J connectivity index is 1.57. The third kappa shape index (κ3) is 6.31. The average Bonchev–Trinajstić information content (AvgIpc) is 3.22. The van der Waals surface area contributed by atoms with Gasteiger partial charge in [0.25, 0.3) is 5.91 Å². The van der Waals surface area contributed by atoms with Crippen LogP contribution in [0.5, 0.6) is 11.5 Å². The van der Waals surface area contributed by atoms with E-state index in [-0.39, 0.29) is 24.3 Å². The zero-order valence-corrected chi connectivity index (χ0v) is 19.2. The molecule has 1 aromatic heterocycles. The quantitative estimate of drug-likeness (QED) is 0.468. The van der Waals surface area contributed by atoms with E-state index in [1.807, 2.05) is 45.0 Å². The molecule has 7 nitrogen and oxygen atoms in total. The normalized spacial score (nSPS) is 11.5. The number of rotatable bonds is 10. The minimum Gasteiger partial charge on any atom is -0.490 e. The lowest BCUT2D eigenvalue weighted by Gasteiger charge is -2.17. The summed E-state index contributed by atoms with van der Waals surface area (Å²) in [6.07, 6.45) is 0.122. The van der Waals surface area contributed by atoms with E-state index in [4.69, 9.17) is 9.47 Å². The Labute approximate surface area is 191 Å². The van der Waals surface area contributed by atoms with Crippen molar-refractivity contribution in [1.82, 2.24) is 10.3 Å². The Bertz CT molecular complexity index is 1050. The van der Waals surface area contributed by atoms with Crippen LogP contribution in [0.15, 0.2) is 53.9 Å². The molecule has 3 rings (SSSR count). The summed E-state index contributed by atoms with van der Waals surface area (Å²) in [4.78, 5) is 29.1. The Hall–Kier alpha value is -3.39. The highest BCUT2D eigenvalue weighted by Crippen LogP contribution is 2.30. The molecule has 1 unspecified atom stereocenters. The van der Waals surface area contributed by atoms with Crippen molar-refractivity contribution < 1.29 is 19.1 Å². The molecule has 8 heteroatoms. The number of ether oxygens (including phenoxy) is 2. The Morgan fingerprint density at radius 2 is 1.75 bits per heavy atom. The summed E-state index contributed by atoms with van der Waals surface area (Å²) in [6.45, 7) is 6.82. The first-order valence-electron chi connectivity index (χ1n) is 10.5. The average molecular weight is 454 g/mol. The van der Waals surface area contributed by atoms with E-state index in [1.54, 1.807) is 29.6 Å². The zero-order valence-electron chi connectivity index (χ0n) is 18.4. The highest BCUT2D eigenvalue weighted by atomic mass is 32.1. The molecule has 3 aromatic rings. The van der Waals surface area contributed by atoms with Crippen LogP contribution in [-0.4, -0.2) is 30.0 Å². The van der Waals surface area contributed by atoms with Gasteiger partial charge in [0.05, 0.1) is 31.4 Å². The van der Waals surface area contributed by atoms with Gasteiger partial charge in [-0.25, -0.2) is 4.98 Å². The van der Waals surface area contributed by atoms with Gasteiger partial charge >= 0.3 is 0 Å². The summed E-state index contributed by atoms with van der Waals surface area (Å²) >= 11 is 1.29. The van der Waals surface area contributed by atoms with Gasteiger partial charge in [0, 0.05) is 10.9 Å². The van der Waals surface area contributed by atoms with Gasteiger partial charge in [-0.1, -0.05) is 24.3 Å². The van der Waals surface area contributed by atoms with Crippen LogP contribution in [0.2, 0.25) is 0 Å². The van der Waals surface area contributed by atoms with Crippen LogP contribution in [0.25, 0.3) is 0 Å². The fourth-order valence-corrected chi connectivity index (χ4v) is 3.79. The third-order valence-electron chi connectivity index (χ3n) is 4.59. The molecule has 1 heterocycles. The van der Waals surface area contributed by atoms with Gasteiger partial charge in [0.15, 0.2) is 16.6 Å². The van der Waals surface area contributed by atoms with Crippen molar-refractivity contribution in [3.8, 4) is 11.5 Å². The molecule has 0 spiro atoms. The number of nitrogens with zero attached hydrogens (tertiary/aromatic N) is 1. The molecule has 0 aliphatic heterocycles. The molecule has 2 N–H and O–H groups in total. The Kier molecular flexibility index (Phi) is 8.21. The summed E-state index contributed by atoms with van der Waals surface area (Å²) in [5, 5.41) is 7.98. The first-order chi connectivity index (χ1) is 15.5. The highest BCUT2D eigenvalue weighted by molar-refractivity contribution is 7.14. The van der Waals surface area contributed by atoms with Crippen molar-refractivity contribution in [2.75, 3.05) is 18.5 Å². The second kappa shape index (κ2) is 11.3. The highest BCUT2D eigenvalue weighted by Gasteiger charge is 2.15. The van der Waals surface area contributed by atoms with Crippen LogP contribution in [0.1, 0.15) is 48.4 Å². The summed E-state index contributed by atoms with van der Waals surface area (Å²) in [5.74, 6) is 0.955. The fourth-order valence-electron chi connectivity index (χ4n) is 3.08. The van der Waals surface area contributed by atoms with Crippen molar-refractivity contribution in [2.45, 2.75) is 33.2 Å². The molecule has 0 fully saturated rings. The van der Waals surface area contributed by atoms with Crippen molar-refractivity contribution in [2.24, 2.45) is 0 Å². The van der Waals surface area contributed by atoms with Gasteiger partial charge in [-0.15, -0.1) is 11.3 Å². The largest absolute Gasteiger partial charge is 0.490 e. The summed E-state index contributed by atoms with van der Waals surface area (Å²) < 4.78 is 11.3. The molecule has 0 aliphatic rings. The number of benzene rings is 2. The fraction of sp³-hybridized carbons (Fsp3) is 0.292. The molecule has 0 radical (unpaired) electrons. The Morgan fingerprint density at radius 1 is 1.03 bits per heavy atom. The smallest absolute Gasteiger partial charge is 0.257 e. The summed E-state index contributed by atoms with van der Waals surface area (Å²) in [6, 6.07) is 14.4. The van der Waals surface area contributed by atoms with Crippen LogP contribution in [0.3, 0.4) is 0 Å². The van der Waals surface area contributed by atoms with Gasteiger partial charge in [-0.2, -0.15) is 0 Å². The molecule has 0 saturated carbocycles. The molecule has 1 atom stereocenters. The van der Waals surface area contributed by atoms with Gasteiger partial charge in [0.1, 0.15) is 0 Å². The van der Waals surface area contributed by atoms with Gasteiger partial charge in [-0.05, 0) is 50.6 Å². The first kappa shape index (κ1) is 23.3. The van der Waals surface area contributed by atoms with Crippen molar-refractivity contribution in [3.63, 3.8) is 0 Å². The van der Waals surface area contributed by atoms with Crippen LogP contribution < -0.4 is 20.1 Å². The maximum absolute atomic E-state index is 12.5. The predicted octanol–water partition coefficient (Wildman–Crippen LogP) is 4.61. The monoisotopic (exact) mass is 453 g/mol. The maximum Gasteiger partial charge on any atom is 0.257 e. The molecule has 0 aliphatic carbocycles. The molecule has 2 aromatic carbocycles. The summed E-state index contributed by atoms with van der Waals surface area (Å²) in [5.41, 5.74) is 2.07. The number of carbonyl (C=O) groups is 2. The molecule has 168 valence electrons. The number of aromatic nitrogens is 1. The van der Waals surface area contributed by atoms with E-state index in [0.29, 0.717) is 41.1 Å². The van der Waals surface area contributed by atoms with Crippen LogP contribution in [-0.2, 0) is 11.2 Å². The number of anilines is 1. The number of nitrogens with one attached hydrogen (secondary N) is 2. The number of hydrogen-bond donors (Lipinski definition) is 2.